The van der Waals surface area contributed by atoms with Crippen LogP contribution >= 0.6 is 0 Å². The Balaban J connectivity index is 1.86. The first-order valence-corrected chi connectivity index (χ1v) is 10.9. The number of Topliss-reactive ketones (excluding diaryl/α,β-unsaturated/α-hetero) is 1. The second-order valence-corrected chi connectivity index (χ2v) is 10.5. The molecule has 3 saturated carbocycles. The Hall–Kier alpha value is -1.82. The minimum absolute atomic E-state index is 0.0342. The van der Waals surface area contributed by atoms with E-state index in [2.05, 4.69) is 0 Å². The summed E-state index contributed by atoms with van der Waals surface area (Å²) in [6, 6.07) is 0. The second-order valence-electron chi connectivity index (χ2n) is 10.5. The number of halogens is 1. The molecule has 3 fully saturated rings. The second kappa shape index (κ2) is 6.35. The van der Waals surface area contributed by atoms with E-state index in [0.29, 0.717) is 24.8 Å². The van der Waals surface area contributed by atoms with Crippen LogP contribution in [0.5, 0.6) is 0 Å². The van der Waals surface area contributed by atoms with Crippen molar-refractivity contribution in [3.8, 4) is 0 Å². The van der Waals surface area contributed by atoms with Crippen molar-refractivity contribution in [2.75, 3.05) is 0 Å². The predicted molar refractivity (Wildman–Crippen MR) is 108 cm³/mol. The van der Waals surface area contributed by atoms with E-state index in [1.165, 1.54) is 19.1 Å². The fourth-order valence-corrected chi connectivity index (χ4v) is 8.14. The zero-order valence-electron chi connectivity index (χ0n) is 18.1. The highest BCUT2D eigenvalue weighted by molar-refractivity contribution is 6.01. The molecule has 6 heteroatoms. The molecule has 8 atom stereocenters. The molecule has 0 aromatic carbocycles. The van der Waals surface area contributed by atoms with E-state index in [0.717, 1.165) is 0 Å². The van der Waals surface area contributed by atoms with Gasteiger partial charge in [-0.1, -0.05) is 25.5 Å². The molecule has 0 aliphatic heterocycles. The van der Waals surface area contributed by atoms with Crippen LogP contribution in [-0.2, 0) is 14.4 Å². The highest BCUT2D eigenvalue weighted by Crippen LogP contribution is 2.73. The number of hydrogen-bond donors (Lipinski definition) is 2. The molecule has 4 aliphatic carbocycles. The molecule has 0 spiro atoms. The predicted octanol–water partition coefficient (Wildman–Crippen LogP) is 3.65. The monoisotopic (exact) mass is 418 g/mol. The van der Waals surface area contributed by atoms with E-state index in [9.17, 15) is 24.6 Å². The average molecular weight is 419 g/mol. The molecule has 0 saturated heterocycles. The summed E-state index contributed by atoms with van der Waals surface area (Å²) in [5.41, 5.74) is -4.26. The molecule has 164 valence electrons. The van der Waals surface area contributed by atoms with Crippen LogP contribution in [-0.4, -0.2) is 39.5 Å². The number of ketones is 2. The first kappa shape index (κ1) is 21.4. The van der Waals surface area contributed by atoms with Crippen LogP contribution in [0.25, 0.3) is 0 Å². The van der Waals surface area contributed by atoms with Gasteiger partial charge in [0, 0.05) is 16.7 Å². The summed E-state index contributed by atoms with van der Waals surface area (Å²) in [6.07, 6.45) is 4.47. The van der Waals surface area contributed by atoms with Gasteiger partial charge in [-0.15, -0.1) is 0 Å². The lowest BCUT2D eigenvalue weighted by Gasteiger charge is -2.63. The lowest BCUT2D eigenvalue weighted by atomic mass is 9.43. The summed E-state index contributed by atoms with van der Waals surface area (Å²) in [5.74, 6) is -2.33. The van der Waals surface area contributed by atoms with Gasteiger partial charge >= 0.3 is 5.97 Å². The van der Waals surface area contributed by atoms with Crippen LogP contribution in [0.2, 0.25) is 0 Å². The molecule has 0 amide bonds. The normalized spacial score (nSPS) is 49.7. The number of carbonyl (C=O) groups is 3. The summed E-state index contributed by atoms with van der Waals surface area (Å²) in [6.45, 7) is 6.99. The maximum absolute atomic E-state index is 17.1. The molecule has 5 nitrogen and oxygen atoms in total. The number of alkyl halides is 1. The first-order chi connectivity index (χ1) is 13.8. The van der Waals surface area contributed by atoms with Gasteiger partial charge in [0.15, 0.2) is 11.5 Å². The number of fused-ring (bicyclic) bond motifs is 5. The number of aliphatic hydroxyl groups is 1. The summed E-state index contributed by atoms with van der Waals surface area (Å²) in [7, 11) is 0. The Kier molecular flexibility index (Phi) is 4.53. The maximum atomic E-state index is 17.1. The minimum atomic E-state index is -1.96. The van der Waals surface area contributed by atoms with Crippen molar-refractivity contribution in [2.24, 2.45) is 34.0 Å². The van der Waals surface area contributed by atoms with Crippen LogP contribution in [0.3, 0.4) is 0 Å². The topological polar surface area (TPSA) is 91.7 Å². The van der Waals surface area contributed by atoms with E-state index in [1.54, 1.807) is 13.0 Å². The van der Waals surface area contributed by atoms with Gasteiger partial charge in [0.2, 0.25) is 0 Å². The Morgan fingerprint density at radius 1 is 1.27 bits per heavy atom. The number of aliphatic carboxylic acids is 1. The number of hydrogen-bond acceptors (Lipinski definition) is 4. The molecule has 30 heavy (non-hydrogen) atoms. The summed E-state index contributed by atoms with van der Waals surface area (Å²) < 4.78 is 17.1. The van der Waals surface area contributed by atoms with Gasteiger partial charge < -0.3 is 10.2 Å². The van der Waals surface area contributed by atoms with Gasteiger partial charge in [-0.2, -0.15) is 0 Å². The van der Waals surface area contributed by atoms with Crippen molar-refractivity contribution in [3.05, 3.63) is 23.8 Å². The zero-order chi connectivity index (χ0) is 22.3. The number of carboxylic acid groups (broad SMARTS) is 1. The summed E-state index contributed by atoms with van der Waals surface area (Å²) in [5, 5.41) is 20.9. The van der Waals surface area contributed by atoms with Gasteiger partial charge in [0.05, 0.1) is 12.5 Å². The van der Waals surface area contributed by atoms with E-state index in [1.807, 2.05) is 13.8 Å². The van der Waals surface area contributed by atoms with E-state index in [4.69, 9.17) is 0 Å². The fourth-order valence-electron chi connectivity index (χ4n) is 8.14. The number of carbonyl (C=O) groups excluding carboxylic acids is 2. The summed E-state index contributed by atoms with van der Waals surface area (Å²) >= 11 is 0. The third-order valence-corrected chi connectivity index (χ3v) is 9.56. The molecule has 0 bridgehead atoms. The Morgan fingerprint density at radius 3 is 2.53 bits per heavy atom. The molecule has 4 rings (SSSR count). The van der Waals surface area contributed by atoms with Crippen molar-refractivity contribution in [1.29, 1.82) is 0 Å². The Bertz CT molecular complexity index is 892. The van der Waals surface area contributed by atoms with Crippen molar-refractivity contribution in [2.45, 2.75) is 71.6 Å². The zero-order valence-corrected chi connectivity index (χ0v) is 18.1. The fraction of sp³-hybridized carbons (Fsp3) is 0.708. The van der Waals surface area contributed by atoms with Gasteiger partial charge in [0.25, 0.3) is 0 Å². The van der Waals surface area contributed by atoms with Gasteiger partial charge in [0.1, 0.15) is 5.78 Å². The van der Waals surface area contributed by atoms with Crippen molar-refractivity contribution in [3.63, 3.8) is 0 Å². The molecule has 0 aromatic rings. The first-order valence-electron chi connectivity index (χ1n) is 10.9. The van der Waals surface area contributed by atoms with Crippen molar-refractivity contribution >= 4 is 17.5 Å². The standard InChI is InChI=1S/C24H31FO5/c1-13-9-18-17-6-5-15-10-16(27)7-8-21(15,3)24(17,25)19(28)11-22(18,4)23(13,14(2)26)12-20(29)30/h7-8,10,13,17-19,28H,5-6,9,11-12H2,1-4H3,(H,29,30)/t13-,17-,18-,19-,21-,22-,23+,24-/m0/s1. The highest BCUT2D eigenvalue weighted by atomic mass is 19.1. The molecule has 0 heterocycles. The van der Waals surface area contributed by atoms with Crippen molar-refractivity contribution < 1.29 is 29.0 Å². The smallest absolute Gasteiger partial charge is 0.304 e. The highest BCUT2D eigenvalue weighted by Gasteiger charge is 2.75. The van der Waals surface area contributed by atoms with Crippen LogP contribution in [0.1, 0.15) is 59.8 Å². The van der Waals surface area contributed by atoms with Gasteiger partial charge in [-0.3, -0.25) is 14.4 Å². The van der Waals surface area contributed by atoms with E-state index < -0.39 is 39.9 Å². The third-order valence-electron chi connectivity index (χ3n) is 9.56. The third kappa shape index (κ3) is 2.29. The van der Waals surface area contributed by atoms with Crippen LogP contribution in [0.4, 0.5) is 4.39 Å². The SMILES string of the molecule is CC(=O)[C@@]1(CC(=O)O)[C@@H](C)C[C@H]2[C@@H]3CCC4=CC(=O)C=C[C@]4(C)[C@@]3(F)[C@@H](O)C[C@@]21C. The molecule has 0 aromatic heterocycles. The average Bonchev–Trinajstić information content (AvgIpc) is 2.85. The Labute approximate surface area is 176 Å². The van der Waals surface area contributed by atoms with E-state index >= 15 is 4.39 Å². The molecular formula is C24H31FO5. The van der Waals surface area contributed by atoms with Crippen LogP contribution in [0.15, 0.2) is 23.8 Å². The lowest BCUT2D eigenvalue weighted by Crippen LogP contribution is -2.68. The van der Waals surface area contributed by atoms with Crippen molar-refractivity contribution in [1.82, 2.24) is 0 Å². The van der Waals surface area contributed by atoms with Gasteiger partial charge in [-0.05, 0) is 68.9 Å². The molecule has 2 N–H and O–H groups in total. The molecule has 0 unspecified atom stereocenters. The number of rotatable bonds is 3. The minimum Gasteiger partial charge on any atom is -0.481 e. The lowest BCUT2D eigenvalue weighted by molar-refractivity contribution is -0.208. The van der Waals surface area contributed by atoms with E-state index in [-0.39, 0.29) is 36.2 Å². The maximum Gasteiger partial charge on any atom is 0.304 e. The quantitative estimate of drug-likeness (QED) is 0.730. The molecular weight excluding hydrogens is 387 g/mol. The Morgan fingerprint density at radius 2 is 1.93 bits per heavy atom. The molecule has 0 radical (unpaired) electrons. The number of aliphatic hydroxyl groups excluding tert-OH is 1. The largest absolute Gasteiger partial charge is 0.481 e. The van der Waals surface area contributed by atoms with Crippen LogP contribution < -0.4 is 0 Å². The van der Waals surface area contributed by atoms with Crippen LogP contribution in [0, 0.1) is 34.0 Å². The summed E-state index contributed by atoms with van der Waals surface area (Å²) in [4.78, 5) is 36.6. The number of carboxylic acids is 1. The molecule has 4 aliphatic rings. The van der Waals surface area contributed by atoms with Gasteiger partial charge in [-0.25, -0.2) is 4.39 Å². The number of allylic oxidation sites excluding steroid dienone is 4.